The highest BCUT2D eigenvalue weighted by molar-refractivity contribution is 5.76. The number of aryl methyl sites for hydroxylation is 3. The molecule has 0 saturated heterocycles. The molecule has 104 valence electrons. The molecule has 2 nitrogen and oxygen atoms in total. The Morgan fingerprint density at radius 1 is 1.00 bits per heavy atom. The van der Waals surface area contributed by atoms with Crippen molar-refractivity contribution in [3.05, 3.63) is 70.8 Å². The van der Waals surface area contributed by atoms with Crippen LogP contribution in [0.3, 0.4) is 0 Å². The minimum absolute atomic E-state index is 0.105. The summed E-state index contributed by atoms with van der Waals surface area (Å²) < 4.78 is 0. The molecular formula is C18H21NO. The molecule has 2 heteroatoms. The average Bonchev–Trinajstić information content (AvgIpc) is 2.46. The van der Waals surface area contributed by atoms with E-state index in [-0.39, 0.29) is 5.91 Å². The van der Waals surface area contributed by atoms with Crippen molar-refractivity contribution in [1.29, 1.82) is 0 Å². The van der Waals surface area contributed by atoms with E-state index in [4.69, 9.17) is 0 Å². The fraction of sp³-hybridized carbons (Fsp3) is 0.278. The molecule has 0 bridgehead atoms. The van der Waals surface area contributed by atoms with Crippen molar-refractivity contribution in [1.82, 2.24) is 5.32 Å². The summed E-state index contributed by atoms with van der Waals surface area (Å²) in [6.45, 7) is 4.74. The molecule has 1 N–H and O–H groups in total. The molecule has 0 spiro atoms. The summed E-state index contributed by atoms with van der Waals surface area (Å²) in [6, 6.07) is 16.5. The number of hydrogen-bond donors (Lipinski definition) is 1. The Morgan fingerprint density at radius 3 is 2.40 bits per heavy atom. The van der Waals surface area contributed by atoms with Gasteiger partial charge in [0.25, 0.3) is 0 Å². The second-order valence-electron chi connectivity index (χ2n) is 5.19. The molecule has 1 amide bonds. The van der Waals surface area contributed by atoms with Crippen LogP contribution in [-0.2, 0) is 17.8 Å². The maximum atomic E-state index is 11.9. The Balaban J connectivity index is 1.78. The second-order valence-corrected chi connectivity index (χ2v) is 5.19. The molecule has 20 heavy (non-hydrogen) atoms. The van der Waals surface area contributed by atoms with Gasteiger partial charge in [-0.3, -0.25) is 4.79 Å². The maximum Gasteiger partial charge on any atom is 0.220 e. The number of amides is 1. The summed E-state index contributed by atoms with van der Waals surface area (Å²) in [5, 5.41) is 2.98. The van der Waals surface area contributed by atoms with E-state index in [1.807, 2.05) is 12.1 Å². The zero-order chi connectivity index (χ0) is 14.4. The fourth-order valence-corrected chi connectivity index (χ4v) is 2.10. The average molecular weight is 267 g/mol. The SMILES string of the molecule is Cc1ccc(CCC(=O)NCc2ccccc2C)cc1. The van der Waals surface area contributed by atoms with Gasteiger partial charge in [-0.2, -0.15) is 0 Å². The van der Waals surface area contributed by atoms with Crippen LogP contribution >= 0.6 is 0 Å². The first-order chi connectivity index (χ1) is 9.65. The van der Waals surface area contributed by atoms with E-state index in [1.165, 1.54) is 22.3 Å². The smallest absolute Gasteiger partial charge is 0.220 e. The van der Waals surface area contributed by atoms with Gasteiger partial charge in [-0.25, -0.2) is 0 Å². The molecule has 0 aliphatic carbocycles. The first kappa shape index (κ1) is 14.3. The Hall–Kier alpha value is -2.09. The Labute approximate surface area is 120 Å². The number of hydrogen-bond acceptors (Lipinski definition) is 1. The minimum Gasteiger partial charge on any atom is -0.352 e. The predicted octanol–water partition coefficient (Wildman–Crippen LogP) is 3.55. The van der Waals surface area contributed by atoms with E-state index in [9.17, 15) is 4.79 Å². The molecule has 0 unspecified atom stereocenters. The van der Waals surface area contributed by atoms with Gasteiger partial charge in [0.2, 0.25) is 5.91 Å². The van der Waals surface area contributed by atoms with Crippen molar-refractivity contribution >= 4 is 5.91 Å². The molecule has 0 radical (unpaired) electrons. The fourth-order valence-electron chi connectivity index (χ4n) is 2.10. The highest BCUT2D eigenvalue weighted by Gasteiger charge is 2.03. The van der Waals surface area contributed by atoms with Crippen LogP contribution in [0.15, 0.2) is 48.5 Å². The third kappa shape index (κ3) is 4.23. The van der Waals surface area contributed by atoms with Crippen molar-refractivity contribution in [3.63, 3.8) is 0 Å². The van der Waals surface area contributed by atoms with Crippen LogP contribution < -0.4 is 5.32 Å². The zero-order valence-corrected chi connectivity index (χ0v) is 12.1. The van der Waals surface area contributed by atoms with Gasteiger partial charge in [0.1, 0.15) is 0 Å². The molecule has 2 aromatic rings. The topological polar surface area (TPSA) is 29.1 Å². The van der Waals surface area contributed by atoms with Gasteiger partial charge in [-0.05, 0) is 37.0 Å². The summed E-state index contributed by atoms with van der Waals surface area (Å²) in [5.74, 6) is 0.105. The molecule has 0 aromatic heterocycles. The summed E-state index contributed by atoms with van der Waals surface area (Å²) >= 11 is 0. The molecule has 0 heterocycles. The number of benzene rings is 2. The van der Waals surface area contributed by atoms with Gasteiger partial charge in [-0.1, -0.05) is 54.1 Å². The van der Waals surface area contributed by atoms with Crippen LogP contribution in [0.25, 0.3) is 0 Å². The molecule has 0 aliphatic heterocycles. The molecule has 0 fully saturated rings. The van der Waals surface area contributed by atoms with Crippen LogP contribution in [0.5, 0.6) is 0 Å². The standard InChI is InChI=1S/C18H21NO/c1-14-7-9-16(10-8-14)11-12-18(20)19-13-17-6-4-3-5-15(17)2/h3-10H,11-13H2,1-2H3,(H,19,20). The van der Waals surface area contributed by atoms with E-state index in [2.05, 4.69) is 55.6 Å². The first-order valence-corrected chi connectivity index (χ1v) is 7.02. The normalized spacial score (nSPS) is 10.3. The van der Waals surface area contributed by atoms with E-state index < -0.39 is 0 Å². The number of nitrogens with one attached hydrogen (secondary N) is 1. The van der Waals surface area contributed by atoms with Crippen molar-refractivity contribution < 1.29 is 4.79 Å². The number of carbonyl (C=O) groups is 1. The number of carbonyl (C=O) groups excluding carboxylic acids is 1. The van der Waals surface area contributed by atoms with E-state index in [1.54, 1.807) is 0 Å². The Morgan fingerprint density at radius 2 is 1.70 bits per heavy atom. The highest BCUT2D eigenvalue weighted by atomic mass is 16.1. The number of rotatable bonds is 5. The predicted molar refractivity (Wildman–Crippen MR) is 82.5 cm³/mol. The van der Waals surface area contributed by atoms with E-state index in [0.717, 1.165) is 6.42 Å². The van der Waals surface area contributed by atoms with Crippen LogP contribution in [0, 0.1) is 13.8 Å². The molecule has 0 atom stereocenters. The van der Waals surface area contributed by atoms with Crippen molar-refractivity contribution in [2.24, 2.45) is 0 Å². The molecular weight excluding hydrogens is 246 g/mol. The van der Waals surface area contributed by atoms with Crippen molar-refractivity contribution in [2.45, 2.75) is 33.2 Å². The molecule has 2 aromatic carbocycles. The second kappa shape index (κ2) is 6.90. The van der Waals surface area contributed by atoms with Crippen LogP contribution in [0.4, 0.5) is 0 Å². The third-order valence-electron chi connectivity index (χ3n) is 3.50. The monoisotopic (exact) mass is 267 g/mol. The first-order valence-electron chi connectivity index (χ1n) is 7.02. The third-order valence-corrected chi connectivity index (χ3v) is 3.50. The van der Waals surface area contributed by atoms with Crippen molar-refractivity contribution in [2.75, 3.05) is 0 Å². The molecule has 2 rings (SSSR count). The molecule has 0 saturated carbocycles. The van der Waals surface area contributed by atoms with E-state index in [0.29, 0.717) is 13.0 Å². The summed E-state index contributed by atoms with van der Waals surface area (Å²) in [7, 11) is 0. The van der Waals surface area contributed by atoms with Gasteiger partial charge < -0.3 is 5.32 Å². The van der Waals surface area contributed by atoms with E-state index >= 15 is 0 Å². The van der Waals surface area contributed by atoms with Crippen LogP contribution in [0.2, 0.25) is 0 Å². The van der Waals surface area contributed by atoms with Crippen LogP contribution in [-0.4, -0.2) is 5.91 Å². The molecule has 0 aliphatic rings. The van der Waals surface area contributed by atoms with Crippen molar-refractivity contribution in [3.8, 4) is 0 Å². The summed E-state index contributed by atoms with van der Waals surface area (Å²) in [5.41, 5.74) is 4.85. The van der Waals surface area contributed by atoms with Gasteiger partial charge in [-0.15, -0.1) is 0 Å². The van der Waals surface area contributed by atoms with Crippen LogP contribution in [0.1, 0.15) is 28.7 Å². The van der Waals surface area contributed by atoms with Gasteiger partial charge in [0.05, 0.1) is 0 Å². The van der Waals surface area contributed by atoms with Gasteiger partial charge in [0, 0.05) is 13.0 Å². The Bertz CT molecular complexity index is 572. The highest BCUT2D eigenvalue weighted by Crippen LogP contribution is 2.08. The maximum absolute atomic E-state index is 11.9. The summed E-state index contributed by atoms with van der Waals surface area (Å²) in [6.07, 6.45) is 1.33. The minimum atomic E-state index is 0.105. The Kier molecular flexibility index (Phi) is 4.94. The quantitative estimate of drug-likeness (QED) is 0.882. The van der Waals surface area contributed by atoms with Gasteiger partial charge in [0.15, 0.2) is 0 Å². The lowest BCUT2D eigenvalue weighted by atomic mass is 10.1. The largest absolute Gasteiger partial charge is 0.352 e. The lowest BCUT2D eigenvalue weighted by Gasteiger charge is -2.08. The zero-order valence-electron chi connectivity index (χ0n) is 12.1. The summed E-state index contributed by atoms with van der Waals surface area (Å²) in [4.78, 5) is 11.9. The lowest BCUT2D eigenvalue weighted by molar-refractivity contribution is -0.121. The lowest BCUT2D eigenvalue weighted by Crippen LogP contribution is -2.23. The van der Waals surface area contributed by atoms with Gasteiger partial charge >= 0.3 is 0 Å².